The summed E-state index contributed by atoms with van der Waals surface area (Å²) in [7, 11) is 1.86. The smallest absolute Gasteiger partial charge is 0.234 e. The molecule has 1 aliphatic carbocycles. The second kappa shape index (κ2) is 9.06. The number of hydrogen-bond acceptors (Lipinski definition) is 3. The van der Waals surface area contributed by atoms with Crippen LogP contribution in [0.25, 0.3) is 0 Å². The van der Waals surface area contributed by atoms with Crippen LogP contribution in [0.15, 0.2) is 18.2 Å². The molecule has 1 aliphatic rings. The van der Waals surface area contributed by atoms with Gasteiger partial charge in [-0.3, -0.25) is 9.59 Å². The quantitative estimate of drug-likeness (QED) is 0.851. The number of amides is 2. The van der Waals surface area contributed by atoms with E-state index in [2.05, 4.69) is 5.32 Å². The molecule has 0 saturated heterocycles. The van der Waals surface area contributed by atoms with Gasteiger partial charge in [-0.05, 0) is 43.5 Å². The van der Waals surface area contributed by atoms with Gasteiger partial charge in [0.15, 0.2) is 0 Å². The predicted molar refractivity (Wildman–Crippen MR) is 96.7 cm³/mol. The largest absolute Gasteiger partial charge is 0.342 e. The van der Waals surface area contributed by atoms with Gasteiger partial charge in [-0.2, -0.15) is 0 Å². The zero-order valence-corrected chi connectivity index (χ0v) is 15.1. The summed E-state index contributed by atoms with van der Waals surface area (Å²) in [6.45, 7) is 1.74. The number of aryl methyl sites for hydroxylation is 1. The third-order valence-corrected chi connectivity index (χ3v) is 5.35. The minimum absolute atomic E-state index is 0.0812. The molecule has 0 aliphatic heterocycles. The Labute approximate surface area is 147 Å². The molecule has 4 nitrogen and oxygen atoms in total. The predicted octanol–water partition coefficient (Wildman–Crippen LogP) is 3.60. The van der Waals surface area contributed by atoms with Crippen molar-refractivity contribution in [2.75, 3.05) is 23.9 Å². The Bertz CT molecular complexity index is 588. The number of carbonyl (C=O) groups is 2. The lowest BCUT2D eigenvalue weighted by Crippen LogP contribution is -2.39. The standard InChI is InChI=1S/C18H25FN2O2S/c1-13-10-14(19)8-9-16(13)20-17(22)11-24-12-18(23)21(2)15-6-4-3-5-7-15/h8-10,15H,3-7,11-12H2,1-2H3,(H,20,22). The molecule has 132 valence electrons. The molecule has 2 rings (SSSR count). The molecule has 0 aromatic heterocycles. The molecule has 1 aromatic carbocycles. The van der Waals surface area contributed by atoms with Gasteiger partial charge in [0.1, 0.15) is 5.82 Å². The minimum Gasteiger partial charge on any atom is -0.342 e. The van der Waals surface area contributed by atoms with E-state index in [9.17, 15) is 14.0 Å². The Morgan fingerprint density at radius 3 is 2.62 bits per heavy atom. The summed E-state index contributed by atoms with van der Waals surface area (Å²) in [6, 6.07) is 4.60. The van der Waals surface area contributed by atoms with Crippen LogP contribution < -0.4 is 5.32 Å². The van der Waals surface area contributed by atoms with Gasteiger partial charge in [0.05, 0.1) is 11.5 Å². The summed E-state index contributed by atoms with van der Waals surface area (Å²) in [5, 5.41) is 2.75. The third-order valence-electron chi connectivity index (χ3n) is 4.44. The van der Waals surface area contributed by atoms with E-state index in [1.54, 1.807) is 13.0 Å². The van der Waals surface area contributed by atoms with Crippen molar-refractivity contribution >= 4 is 29.3 Å². The van der Waals surface area contributed by atoms with Crippen LogP contribution in [0.3, 0.4) is 0 Å². The molecule has 0 heterocycles. The van der Waals surface area contributed by atoms with Gasteiger partial charge in [-0.15, -0.1) is 11.8 Å². The van der Waals surface area contributed by atoms with Crippen molar-refractivity contribution in [3.63, 3.8) is 0 Å². The van der Waals surface area contributed by atoms with Gasteiger partial charge in [-0.1, -0.05) is 19.3 Å². The zero-order valence-electron chi connectivity index (χ0n) is 14.3. The Kier molecular flexibility index (Phi) is 7.09. The fraction of sp³-hybridized carbons (Fsp3) is 0.556. The molecule has 0 radical (unpaired) electrons. The molecule has 1 saturated carbocycles. The normalized spacial score (nSPS) is 15.1. The number of nitrogens with one attached hydrogen (secondary N) is 1. The van der Waals surface area contributed by atoms with Crippen LogP contribution in [0.2, 0.25) is 0 Å². The molecule has 24 heavy (non-hydrogen) atoms. The van der Waals surface area contributed by atoms with Crippen LogP contribution in [-0.2, 0) is 9.59 Å². The number of thioether (sulfide) groups is 1. The van der Waals surface area contributed by atoms with Crippen molar-refractivity contribution in [3.05, 3.63) is 29.6 Å². The Morgan fingerprint density at radius 1 is 1.25 bits per heavy atom. The average molecular weight is 352 g/mol. The number of anilines is 1. The molecule has 1 aromatic rings. The number of carbonyl (C=O) groups excluding carboxylic acids is 2. The Morgan fingerprint density at radius 2 is 1.96 bits per heavy atom. The van der Waals surface area contributed by atoms with E-state index in [0.29, 0.717) is 23.0 Å². The van der Waals surface area contributed by atoms with E-state index >= 15 is 0 Å². The first-order valence-corrected chi connectivity index (χ1v) is 9.52. The van der Waals surface area contributed by atoms with Gasteiger partial charge < -0.3 is 10.2 Å². The van der Waals surface area contributed by atoms with E-state index in [-0.39, 0.29) is 23.4 Å². The highest BCUT2D eigenvalue weighted by atomic mass is 32.2. The van der Waals surface area contributed by atoms with Crippen molar-refractivity contribution in [1.29, 1.82) is 0 Å². The third kappa shape index (κ3) is 5.51. The molecule has 0 spiro atoms. The van der Waals surface area contributed by atoms with Crippen LogP contribution >= 0.6 is 11.8 Å². The van der Waals surface area contributed by atoms with Crippen molar-refractivity contribution in [1.82, 2.24) is 4.90 Å². The van der Waals surface area contributed by atoms with E-state index < -0.39 is 0 Å². The summed E-state index contributed by atoms with van der Waals surface area (Å²) >= 11 is 1.31. The lowest BCUT2D eigenvalue weighted by Gasteiger charge is -2.31. The lowest BCUT2D eigenvalue weighted by atomic mass is 9.94. The van der Waals surface area contributed by atoms with Gasteiger partial charge in [0, 0.05) is 18.8 Å². The summed E-state index contributed by atoms with van der Waals surface area (Å²) < 4.78 is 13.0. The number of benzene rings is 1. The van der Waals surface area contributed by atoms with Crippen LogP contribution in [0.4, 0.5) is 10.1 Å². The van der Waals surface area contributed by atoms with Crippen molar-refractivity contribution in [2.24, 2.45) is 0 Å². The van der Waals surface area contributed by atoms with Crippen LogP contribution in [-0.4, -0.2) is 41.3 Å². The molecule has 6 heteroatoms. The first-order chi connectivity index (χ1) is 11.5. The second-order valence-corrected chi connectivity index (χ2v) is 7.28. The van der Waals surface area contributed by atoms with Crippen LogP contribution in [0.5, 0.6) is 0 Å². The molecular weight excluding hydrogens is 327 g/mol. The zero-order chi connectivity index (χ0) is 17.5. The summed E-state index contributed by atoms with van der Waals surface area (Å²) in [5.74, 6) is 0.0980. The maximum atomic E-state index is 13.0. The van der Waals surface area contributed by atoms with Gasteiger partial charge in [0.2, 0.25) is 11.8 Å². The fourth-order valence-corrected chi connectivity index (χ4v) is 3.70. The minimum atomic E-state index is -0.323. The number of halogens is 1. The highest BCUT2D eigenvalue weighted by Gasteiger charge is 2.21. The maximum Gasteiger partial charge on any atom is 0.234 e. The van der Waals surface area contributed by atoms with Crippen LogP contribution in [0, 0.1) is 12.7 Å². The van der Waals surface area contributed by atoms with Crippen molar-refractivity contribution < 1.29 is 14.0 Å². The molecule has 1 N–H and O–H groups in total. The van der Waals surface area contributed by atoms with Crippen molar-refractivity contribution in [3.8, 4) is 0 Å². The number of hydrogen-bond donors (Lipinski definition) is 1. The average Bonchev–Trinajstić information content (AvgIpc) is 2.57. The summed E-state index contributed by atoms with van der Waals surface area (Å²) in [4.78, 5) is 26.0. The number of rotatable bonds is 6. The number of nitrogens with zero attached hydrogens (tertiary/aromatic N) is 1. The molecule has 0 bridgehead atoms. The highest BCUT2D eigenvalue weighted by molar-refractivity contribution is 8.00. The van der Waals surface area contributed by atoms with Gasteiger partial charge >= 0.3 is 0 Å². The first kappa shape index (κ1) is 18.8. The van der Waals surface area contributed by atoms with Gasteiger partial charge in [0.25, 0.3) is 0 Å². The summed E-state index contributed by atoms with van der Waals surface area (Å²) in [5.41, 5.74) is 1.29. The Hall–Kier alpha value is -1.56. The second-order valence-electron chi connectivity index (χ2n) is 6.30. The van der Waals surface area contributed by atoms with E-state index in [1.165, 1.54) is 43.2 Å². The molecular formula is C18H25FN2O2S. The first-order valence-electron chi connectivity index (χ1n) is 8.37. The van der Waals surface area contributed by atoms with Crippen LogP contribution in [0.1, 0.15) is 37.7 Å². The molecule has 0 atom stereocenters. The van der Waals surface area contributed by atoms with Gasteiger partial charge in [-0.25, -0.2) is 4.39 Å². The highest BCUT2D eigenvalue weighted by Crippen LogP contribution is 2.22. The monoisotopic (exact) mass is 352 g/mol. The molecule has 2 amide bonds. The summed E-state index contributed by atoms with van der Waals surface area (Å²) in [6.07, 6.45) is 5.80. The lowest BCUT2D eigenvalue weighted by molar-refractivity contribution is -0.129. The Balaban J connectivity index is 1.72. The SMILES string of the molecule is Cc1cc(F)ccc1NC(=O)CSCC(=O)N(C)C1CCCCC1. The van der Waals surface area contributed by atoms with E-state index in [0.717, 1.165) is 12.8 Å². The molecule has 0 unspecified atom stereocenters. The maximum absolute atomic E-state index is 13.0. The van der Waals surface area contributed by atoms with Crippen molar-refractivity contribution in [2.45, 2.75) is 45.1 Å². The fourth-order valence-electron chi connectivity index (χ4n) is 2.96. The topological polar surface area (TPSA) is 49.4 Å². The van der Waals surface area contributed by atoms with E-state index in [1.807, 2.05) is 11.9 Å². The molecule has 1 fully saturated rings. The van der Waals surface area contributed by atoms with E-state index in [4.69, 9.17) is 0 Å².